The number of thioether (sulfide) groups is 1. The predicted octanol–water partition coefficient (Wildman–Crippen LogP) is 3.40. The van der Waals surface area contributed by atoms with Crippen molar-refractivity contribution in [3.05, 3.63) is 71.5 Å². The summed E-state index contributed by atoms with van der Waals surface area (Å²) in [5.41, 5.74) is 8.92. The predicted molar refractivity (Wildman–Crippen MR) is 118 cm³/mol. The van der Waals surface area contributed by atoms with Gasteiger partial charge in [0.25, 0.3) is 0 Å². The lowest BCUT2D eigenvalue weighted by molar-refractivity contribution is -0.127. The maximum Gasteiger partial charge on any atom is 0.232 e. The summed E-state index contributed by atoms with van der Waals surface area (Å²) in [7, 11) is 1.81. The molecule has 3 aromatic rings. The number of carbonyl (C=O) groups excluding carboxylic acids is 1. The molecule has 2 aromatic carbocycles. The molecule has 0 aliphatic heterocycles. The summed E-state index contributed by atoms with van der Waals surface area (Å²) < 4.78 is 0. The largest absolute Gasteiger partial charge is 0.368 e. The highest BCUT2D eigenvalue weighted by atomic mass is 32.2. The first-order valence-corrected chi connectivity index (χ1v) is 10.4. The summed E-state index contributed by atoms with van der Waals surface area (Å²) in [6.45, 7) is 2.59. The summed E-state index contributed by atoms with van der Waals surface area (Å²) in [4.78, 5) is 26.8. The minimum Gasteiger partial charge on any atom is -0.368 e. The summed E-state index contributed by atoms with van der Waals surface area (Å²) in [5.74, 6) is 1.96. The number of nitrogen functional groups attached to an aromatic ring is 1. The summed E-state index contributed by atoms with van der Waals surface area (Å²) in [6.07, 6.45) is 0. The zero-order valence-corrected chi connectivity index (χ0v) is 17.3. The molecule has 150 valence electrons. The van der Waals surface area contributed by atoms with Gasteiger partial charge in [-0.1, -0.05) is 48.5 Å². The van der Waals surface area contributed by atoms with Crippen molar-refractivity contribution in [2.45, 2.75) is 19.2 Å². The summed E-state index contributed by atoms with van der Waals surface area (Å²) in [6, 6.07) is 17.8. The van der Waals surface area contributed by atoms with Crippen molar-refractivity contribution in [3.63, 3.8) is 0 Å². The van der Waals surface area contributed by atoms with E-state index in [4.69, 9.17) is 5.73 Å². The zero-order valence-electron chi connectivity index (χ0n) is 16.5. The maximum atomic E-state index is 12.4. The van der Waals surface area contributed by atoms with E-state index in [1.54, 1.807) is 11.9 Å². The first-order chi connectivity index (χ1) is 14.0. The fourth-order valence-electron chi connectivity index (χ4n) is 2.68. The van der Waals surface area contributed by atoms with Gasteiger partial charge in [-0.15, -0.1) is 11.8 Å². The molecule has 0 saturated carbocycles. The zero-order chi connectivity index (χ0) is 20.6. The molecule has 3 rings (SSSR count). The molecule has 0 aliphatic carbocycles. The Bertz CT molecular complexity index is 966. The highest BCUT2D eigenvalue weighted by Gasteiger charge is 2.11. The molecule has 1 amide bonds. The van der Waals surface area contributed by atoms with E-state index in [1.807, 2.05) is 61.5 Å². The highest BCUT2D eigenvalue weighted by molar-refractivity contribution is 7.99. The van der Waals surface area contributed by atoms with Gasteiger partial charge in [0.2, 0.25) is 17.8 Å². The van der Waals surface area contributed by atoms with Gasteiger partial charge in [0.1, 0.15) is 5.82 Å². The number of aromatic nitrogens is 3. The Labute approximate surface area is 174 Å². The van der Waals surface area contributed by atoms with E-state index >= 15 is 0 Å². The van der Waals surface area contributed by atoms with Crippen LogP contribution in [0.5, 0.6) is 0 Å². The smallest absolute Gasteiger partial charge is 0.232 e. The van der Waals surface area contributed by atoms with Crippen LogP contribution in [0.3, 0.4) is 0 Å². The van der Waals surface area contributed by atoms with E-state index < -0.39 is 0 Å². The van der Waals surface area contributed by atoms with Crippen molar-refractivity contribution in [3.8, 4) is 0 Å². The first kappa shape index (κ1) is 20.6. The van der Waals surface area contributed by atoms with Crippen molar-refractivity contribution in [2.75, 3.05) is 23.9 Å². The van der Waals surface area contributed by atoms with E-state index in [0.29, 0.717) is 29.8 Å². The van der Waals surface area contributed by atoms with Crippen molar-refractivity contribution >= 4 is 35.3 Å². The Morgan fingerprint density at radius 2 is 1.79 bits per heavy atom. The molecule has 0 spiro atoms. The molecular formula is C21H24N6OS. The minimum atomic E-state index is 0.0548. The van der Waals surface area contributed by atoms with Crippen LogP contribution in [0.15, 0.2) is 54.6 Å². The van der Waals surface area contributed by atoms with Crippen LogP contribution in [-0.4, -0.2) is 38.6 Å². The fraction of sp³-hybridized carbons (Fsp3) is 0.238. The third kappa shape index (κ3) is 6.18. The van der Waals surface area contributed by atoms with E-state index in [-0.39, 0.29) is 11.9 Å². The second kappa shape index (κ2) is 9.88. The number of nitrogens with one attached hydrogen (secondary N) is 1. The van der Waals surface area contributed by atoms with Gasteiger partial charge in [-0.05, 0) is 24.1 Å². The van der Waals surface area contributed by atoms with E-state index in [1.165, 1.54) is 11.8 Å². The van der Waals surface area contributed by atoms with Crippen LogP contribution < -0.4 is 11.1 Å². The number of anilines is 3. The topological polar surface area (TPSA) is 97.0 Å². The third-order valence-electron chi connectivity index (χ3n) is 4.24. The standard InChI is InChI=1S/C21H24N6OS/c1-15-8-6-7-11-17(15)23-21-25-18(24-20(22)26-21)13-29-14-19(28)27(2)12-16-9-4-3-5-10-16/h3-11H,12-14H2,1-2H3,(H3,22,23,24,25,26). The average Bonchev–Trinajstić information content (AvgIpc) is 2.70. The average molecular weight is 409 g/mol. The van der Waals surface area contributed by atoms with Crippen LogP contribution in [0.4, 0.5) is 17.6 Å². The normalized spacial score (nSPS) is 10.6. The van der Waals surface area contributed by atoms with Gasteiger partial charge in [0, 0.05) is 19.3 Å². The number of carbonyl (C=O) groups is 1. The molecule has 8 heteroatoms. The van der Waals surface area contributed by atoms with Crippen LogP contribution in [-0.2, 0) is 17.1 Å². The number of benzene rings is 2. The number of para-hydroxylation sites is 1. The number of amides is 1. The Morgan fingerprint density at radius 3 is 2.55 bits per heavy atom. The van der Waals surface area contributed by atoms with Crippen LogP contribution >= 0.6 is 11.8 Å². The molecule has 0 bridgehead atoms. The number of aryl methyl sites for hydroxylation is 1. The molecule has 1 aromatic heterocycles. The van der Waals surface area contributed by atoms with Gasteiger partial charge in [0.15, 0.2) is 0 Å². The fourth-order valence-corrected chi connectivity index (χ4v) is 3.49. The molecule has 3 N–H and O–H groups in total. The van der Waals surface area contributed by atoms with Crippen LogP contribution in [0.2, 0.25) is 0 Å². The Balaban J connectivity index is 1.54. The van der Waals surface area contributed by atoms with Gasteiger partial charge in [-0.3, -0.25) is 4.79 Å². The highest BCUT2D eigenvalue weighted by Crippen LogP contribution is 2.19. The second-order valence-electron chi connectivity index (χ2n) is 6.60. The lowest BCUT2D eigenvalue weighted by Gasteiger charge is -2.17. The maximum absolute atomic E-state index is 12.4. The first-order valence-electron chi connectivity index (χ1n) is 9.20. The lowest BCUT2D eigenvalue weighted by atomic mass is 10.2. The molecule has 1 heterocycles. The molecular weight excluding hydrogens is 384 g/mol. The lowest BCUT2D eigenvalue weighted by Crippen LogP contribution is -2.27. The van der Waals surface area contributed by atoms with Crippen LogP contribution in [0, 0.1) is 6.92 Å². The van der Waals surface area contributed by atoms with Gasteiger partial charge >= 0.3 is 0 Å². The molecule has 0 unspecified atom stereocenters. The Kier molecular flexibility index (Phi) is 7.02. The van der Waals surface area contributed by atoms with Gasteiger partial charge in [-0.2, -0.15) is 15.0 Å². The van der Waals surface area contributed by atoms with Crippen molar-refractivity contribution in [1.29, 1.82) is 0 Å². The number of nitrogens with zero attached hydrogens (tertiary/aromatic N) is 4. The Morgan fingerprint density at radius 1 is 1.07 bits per heavy atom. The minimum absolute atomic E-state index is 0.0548. The van der Waals surface area contributed by atoms with E-state index in [9.17, 15) is 4.79 Å². The molecule has 0 saturated heterocycles. The molecule has 7 nitrogen and oxygen atoms in total. The van der Waals surface area contributed by atoms with Crippen molar-refractivity contribution < 1.29 is 4.79 Å². The van der Waals surface area contributed by atoms with Crippen molar-refractivity contribution in [1.82, 2.24) is 19.9 Å². The quantitative estimate of drug-likeness (QED) is 0.589. The number of nitrogens with two attached hydrogens (primary N) is 1. The van der Waals surface area contributed by atoms with Gasteiger partial charge in [-0.25, -0.2) is 0 Å². The number of hydrogen-bond donors (Lipinski definition) is 2. The molecule has 29 heavy (non-hydrogen) atoms. The molecule has 0 fully saturated rings. The van der Waals surface area contributed by atoms with E-state index in [0.717, 1.165) is 16.8 Å². The SMILES string of the molecule is Cc1ccccc1Nc1nc(N)nc(CSCC(=O)N(C)Cc2ccccc2)n1. The Hall–Kier alpha value is -3.13. The van der Waals surface area contributed by atoms with Crippen molar-refractivity contribution in [2.24, 2.45) is 0 Å². The monoisotopic (exact) mass is 408 g/mol. The summed E-state index contributed by atoms with van der Waals surface area (Å²) in [5, 5.41) is 3.17. The molecule has 0 aliphatic rings. The molecule has 0 radical (unpaired) electrons. The number of hydrogen-bond acceptors (Lipinski definition) is 7. The molecule has 0 atom stereocenters. The third-order valence-corrected chi connectivity index (χ3v) is 5.15. The second-order valence-corrected chi connectivity index (χ2v) is 7.59. The van der Waals surface area contributed by atoms with E-state index in [2.05, 4.69) is 20.3 Å². The number of rotatable bonds is 8. The van der Waals surface area contributed by atoms with Gasteiger partial charge < -0.3 is 16.0 Å². The summed E-state index contributed by atoms with van der Waals surface area (Å²) >= 11 is 1.45. The van der Waals surface area contributed by atoms with Crippen LogP contribution in [0.25, 0.3) is 0 Å². The van der Waals surface area contributed by atoms with Crippen LogP contribution in [0.1, 0.15) is 17.0 Å². The van der Waals surface area contributed by atoms with Gasteiger partial charge in [0.05, 0.1) is 11.5 Å².